The molecule has 0 radical (unpaired) electrons. The number of aliphatic hydroxyl groups is 2. The Kier molecular flexibility index (Phi) is 8.96. The van der Waals surface area contributed by atoms with E-state index in [1.54, 1.807) is 0 Å². The van der Waals surface area contributed by atoms with Crippen LogP contribution in [0, 0.1) is 5.41 Å². The van der Waals surface area contributed by atoms with E-state index < -0.39 is 6.29 Å². The van der Waals surface area contributed by atoms with Crippen LogP contribution in [-0.2, 0) is 0 Å². The van der Waals surface area contributed by atoms with Crippen LogP contribution in [0.15, 0.2) is 0 Å². The van der Waals surface area contributed by atoms with Crippen molar-refractivity contribution in [1.29, 1.82) is 0 Å². The summed E-state index contributed by atoms with van der Waals surface area (Å²) >= 11 is 0. The first kappa shape index (κ1) is 15.9. The first-order chi connectivity index (χ1) is 7.60. The second-order valence-corrected chi connectivity index (χ2v) is 5.12. The Labute approximate surface area is 101 Å². The predicted molar refractivity (Wildman–Crippen MR) is 69.2 cm³/mol. The fourth-order valence-electron chi connectivity index (χ4n) is 3.00. The van der Waals surface area contributed by atoms with E-state index >= 15 is 0 Å². The van der Waals surface area contributed by atoms with Gasteiger partial charge >= 0.3 is 0 Å². The average Bonchev–Trinajstić information content (AvgIpc) is 2.18. The van der Waals surface area contributed by atoms with Gasteiger partial charge in [0.1, 0.15) is 0 Å². The molecule has 0 saturated heterocycles. The maximum atomic E-state index is 8.89. The van der Waals surface area contributed by atoms with E-state index in [-0.39, 0.29) is 0 Å². The minimum absolute atomic E-state index is 0.465. The molecule has 0 aromatic carbocycles. The van der Waals surface area contributed by atoms with Crippen LogP contribution in [0.1, 0.15) is 78.6 Å². The zero-order chi connectivity index (χ0) is 12.4. The minimum atomic E-state index is -1.12. The van der Waals surface area contributed by atoms with Gasteiger partial charge in [-0.2, -0.15) is 0 Å². The lowest BCUT2D eigenvalue weighted by atomic mass is 9.72. The molecule has 0 aliphatic heterocycles. The van der Waals surface area contributed by atoms with Crippen LogP contribution in [0.4, 0.5) is 0 Å². The summed E-state index contributed by atoms with van der Waals surface area (Å²) in [7, 11) is 0. The Hall–Kier alpha value is -0.0800. The third kappa shape index (κ3) is 6.49. The van der Waals surface area contributed by atoms with E-state index in [1.807, 2.05) is 0 Å². The lowest BCUT2D eigenvalue weighted by Crippen LogP contribution is -2.21. The summed E-state index contributed by atoms with van der Waals surface area (Å²) in [5.74, 6) is 0. The SMILES string of the molecule is CCCC(CCC)(CCC)CCCC(O)O. The summed E-state index contributed by atoms with van der Waals surface area (Å²) in [5.41, 5.74) is 0.465. The Bertz CT molecular complexity index is 138. The molecular formula is C14H30O2. The van der Waals surface area contributed by atoms with E-state index in [2.05, 4.69) is 20.8 Å². The van der Waals surface area contributed by atoms with Crippen molar-refractivity contribution in [2.24, 2.45) is 5.41 Å². The highest BCUT2D eigenvalue weighted by Gasteiger charge is 2.26. The Morgan fingerprint density at radius 1 is 0.812 bits per heavy atom. The predicted octanol–water partition coefficient (Wildman–Crippen LogP) is 3.85. The molecule has 0 saturated carbocycles. The molecule has 0 aromatic rings. The number of hydrogen-bond donors (Lipinski definition) is 2. The number of aliphatic hydroxyl groups excluding tert-OH is 1. The van der Waals surface area contributed by atoms with Crippen LogP contribution in [-0.4, -0.2) is 16.5 Å². The Morgan fingerprint density at radius 3 is 1.56 bits per heavy atom. The summed E-state index contributed by atoms with van der Waals surface area (Å²) < 4.78 is 0. The molecule has 0 unspecified atom stereocenters. The minimum Gasteiger partial charge on any atom is -0.368 e. The van der Waals surface area contributed by atoms with Crippen molar-refractivity contribution < 1.29 is 10.2 Å². The molecule has 2 nitrogen and oxygen atoms in total. The molecule has 0 bridgehead atoms. The highest BCUT2D eigenvalue weighted by atomic mass is 16.5. The molecule has 0 spiro atoms. The molecule has 16 heavy (non-hydrogen) atoms. The van der Waals surface area contributed by atoms with E-state index in [4.69, 9.17) is 10.2 Å². The standard InChI is InChI=1S/C14H30O2/c1-4-9-14(10-5-2,11-6-3)12-7-8-13(15)16/h13,15-16H,4-12H2,1-3H3. The molecule has 0 aliphatic rings. The zero-order valence-corrected chi connectivity index (χ0v) is 11.3. The molecular weight excluding hydrogens is 200 g/mol. The van der Waals surface area contributed by atoms with E-state index in [0.717, 1.165) is 12.8 Å². The van der Waals surface area contributed by atoms with Gasteiger partial charge in [-0.15, -0.1) is 0 Å². The molecule has 0 rings (SSSR count). The van der Waals surface area contributed by atoms with Gasteiger partial charge in [0.15, 0.2) is 6.29 Å². The first-order valence-electron chi connectivity index (χ1n) is 6.96. The third-order valence-corrected chi connectivity index (χ3v) is 3.51. The summed E-state index contributed by atoms with van der Waals surface area (Å²) in [4.78, 5) is 0. The van der Waals surface area contributed by atoms with Crippen LogP contribution in [0.2, 0.25) is 0 Å². The fraction of sp³-hybridized carbons (Fsp3) is 1.00. The van der Waals surface area contributed by atoms with Gasteiger partial charge in [0.2, 0.25) is 0 Å². The first-order valence-corrected chi connectivity index (χ1v) is 6.96. The van der Waals surface area contributed by atoms with Crippen molar-refractivity contribution in [3.8, 4) is 0 Å². The topological polar surface area (TPSA) is 40.5 Å². The molecule has 0 atom stereocenters. The molecule has 0 amide bonds. The van der Waals surface area contributed by atoms with Gasteiger partial charge in [-0.3, -0.25) is 0 Å². The number of hydrogen-bond acceptors (Lipinski definition) is 2. The van der Waals surface area contributed by atoms with Crippen molar-refractivity contribution in [1.82, 2.24) is 0 Å². The molecule has 0 heterocycles. The molecule has 2 N–H and O–H groups in total. The van der Waals surface area contributed by atoms with Crippen LogP contribution in [0.3, 0.4) is 0 Å². The lowest BCUT2D eigenvalue weighted by Gasteiger charge is -2.34. The number of rotatable bonds is 10. The Morgan fingerprint density at radius 2 is 1.25 bits per heavy atom. The summed E-state index contributed by atoms with van der Waals surface area (Å²) in [6.07, 6.45) is 9.08. The maximum absolute atomic E-state index is 8.89. The molecule has 0 fully saturated rings. The average molecular weight is 230 g/mol. The quantitative estimate of drug-likeness (QED) is 0.560. The maximum Gasteiger partial charge on any atom is 0.151 e. The van der Waals surface area contributed by atoms with Crippen LogP contribution in [0.25, 0.3) is 0 Å². The third-order valence-electron chi connectivity index (χ3n) is 3.51. The molecule has 0 aromatic heterocycles. The fourth-order valence-corrected chi connectivity index (χ4v) is 3.00. The molecule has 2 heteroatoms. The molecule has 98 valence electrons. The van der Waals surface area contributed by atoms with Crippen molar-refractivity contribution in [3.05, 3.63) is 0 Å². The van der Waals surface area contributed by atoms with Gasteiger partial charge in [-0.25, -0.2) is 0 Å². The van der Waals surface area contributed by atoms with Crippen molar-refractivity contribution >= 4 is 0 Å². The van der Waals surface area contributed by atoms with E-state index in [1.165, 1.54) is 38.5 Å². The highest BCUT2D eigenvalue weighted by molar-refractivity contribution is 4.78. The van der Waals surface area contributed by atoms with Crippen LogP contribution < -0.4 is 0 Å². The van der Waals surface area contributed by atoms with Gasteiger partial charge in [0.25, 0.3) is 0 Å². The second kappa shape index (κ2) is 9.00. The van der Waals surface area contributed by atoms with E-state index in [9.17, 15) is 0 Å². The normalized spacial score (nSPS) is 12.4. The van der Waals surface area contributed by atoms with Crippen molar-refractivity contribution in [2.75, 3.05) is 0 Å². The van der Waals surface area contributed by atoms with Crippen LogP contribution in [0.5, 0.6) is 0 Å². The second-order valence-electron chi connectivity index (χ2n) is 5.12. The van der Waals surface area contributed by atoms with Gasteiger partial charge in [0.05, 0.1) is 0 Å². The van der Waals surface area contributed by atoms with Gasteiger partial charge in [0, 0.05) is 0 Å². The van der Waals surface area contributed by atoms with E-state index in [0.29, 0.717) is 11.8 Å². The smallest absolute Gasteiger partial charge is 0.151 e. The van der Waals surface area contributed by atoms with Gasteiger partial charge < -0.3 is 10.2 Å². The summed E-state index contributed by atoms with van der Waals surface area (Å²) in [6.45, 7) is 6.75. The molecule has 0 aliphatic carbocycles. The Balaban J connectivity index is 4.23. The van der Waals surface area contributed by atoms with Crippen LogP contribution >= 0.6 is 0 Å². The lowest BCUT2D eigenvalue weighted by molar-refractivity contribution is -0.0486. The largest absolute Gasteiger partial charge is 0.368 e. The monoisotopic (exact) mass is 230 g/mol. The van der Waals surface area contributed by atoms with Crippen molar-refractivity contribution in [2.45, 2.75) is 84.8 Å². The zero-order valence-electron chi connectivity index (χ0n) is 11.3. The summed E-state index contributed by atoms with van der Waals surface area (Å²) in [6, 6.07) is 0. The van der Waals surface area contributed by atoms with Gasteiger partial charge in [-0.05, 0) is 43.9 Å². The van der Waals surface area contributed by atoms with Gasteiger partial charge in [-0.1, -0.05) is 40.0 Å². The highest BCUT2D eigenvalue weighted by Crippen LogP contribution is 2.39. The summed E-state index contributed by atoms with van der Waals surface area (Å²) in [5, 5.41) is 17.8. The van der Waals surface area contributed by atoms with Crippen molar-refractivity contribution in [3.63, 3.8) is 0 Å².